The molecule has 3 N–H and O–H groups in total. The van der Waals surface area contributed by atoms with E-state index in [-0.39, 0.29) is 12.8 Å². The molecule has 0 fully saturated rings. The first-order valence-electron chi connectivity index (χ1n) is 4.47. The summed E-state index contributed by atoms with van der Waals surface area (Å²) >= 11 is 0. The average molecular weight is 216 g/mol. The Morgan fingerprint density at radius 1 is 1.47 bits per heavy atom. The van der Waals surface area contributed by atoms with Crippen molar-refractivity contribution in [3.8, 4) is 0 Å². The second kappa shape index (κ2) is 5.45. The van der Waals surface area contributed by atoms with Crippen LogP contribution in [0, 0.1) is 0 Å². The van der Waals surface area contributed by atoms with Crippen LogP contribution in [0.1, 0.15) is 20.8 Å². The molecule has 0 aliphatic carbocycles. The summed E-state index contributed by atoms with van der Waals surface area (Å²) in [6, 6.07) is -0.965. The summed E-state index contributed by atoms with van der Waals surface area (Å²) in [5.41, 5.74) is 4.80. The maximum atomic E-state index is 11.3. The molecule has 6 nitrogen and oxygen atoms in total. The van der Waals surface area contributed by atoms with Crippen molar-refractivity contribution in [3.63, 3.8) is 0 Å². The first-order valence-corrected chi connectivity index (χ1v) is 4.47. The van der Waals surface area contributed by atoms with E-state index < -0.39 is 23.5 Å². The van der Waals surface area contributed by atoms with Crippen molar-refractivity contribution in [1.29, 1.82) is 0 Å². The summed E-state index contributed by atoms with van der Waals surface area (Å²) in [7, 11) is 0. The van der Waals surface area contributed by atoms with E-state index in [9.17, 15) is 14.4 Å². The standard InChI is InChI=1S/C9H16N2O4/c1-9(2,3)15-8(14)6(10)4-11-7(13)5-12/h5-6H,4,10H2,1-3H3,(H,11,13). The number of amides is 1. The third kappa shape index (κ3) is 6.62. The molecule has 1 atom stereocenters. The number of rotatable bonds is 4. The second-order valence-corrected chi connectivity index (χ2v) is 4.00. The van der Waals surface area contributed by atoms with Crippen molar-refractivity contribution in [1.82, 2.24) is 5.32 Å². The van der Waals surface area contributed by atoms with Crippen LogP contribution in [0.15, 0.2) is 0 Å². The lowest BCUT2D eigenvalue weighted by atomic mass is 10.2. The van der Waals surface area contributed by atoms with Crippen molar-refractivity contribution in [2.24, 2.45) is 5.73 Å². The van der Waals surface area contributed by atoms with Crippen LogP contribution in [0.25, 0.3) is 0 Å². The van der Waals surface area contributed by atoms with Gasteiger partial charge in [0.15, 0.2) is 0 Å². The zero-order chi connectivity index (χ0) is 12.1. The number of nitrogens with two attached hydrogens (primary N) is 1. The Labute approximate surface area is 88.1 Å². The van der Waals surface area contributed by atoms with Gasteiger partial charge >= 0.3 is 5.97 Å². The molecule has 0 aromatic heterocycles. The first kappa shape index (κ1) is 13.6. The highest BCUT2D eigenvalue weighted by Gasteiger charge is 2.22. The van der Waals surface area contributed by atoms with Gasteiger partial charge in [0.05, 0.1) is 0 Å². The Bertz CT molecular complexity index is 257. The van der Waals surface area contributed by atoms with E-state index in [0.717, 1.165) is 0 Å². The molecule has 0 saturated carbocycles. The van der Waals surface area contributed by atoms with Gasteiger partial charge in [-0.3, -0.25) is 14.4 Å². The van der Waals surface area contributed by atoms with E-state index in [1.165, 1.54) is 0 Å². The van der Waals surface area contributed by atoms with Gasteiger partial charge in [0.2, 0.25) is 6.29 Å². The number of ether oxygens (including phenoxy) is 1. The molecule has 0 radical (unpaired) electrons. The lowest BCUT2D eigenvalue weighted by Crippen LogP contribution is -2.45. The summed E-state index contributed by atoms with van der Waals surface area (Å²) in [4.78, 5) is 31.8. The zero-order valence-corrected chi connectivity index (χ0v) is 9.07. The number of hydrogen-bond donors (Lipinski definition) is 2. The van der Waals surface area contributed by atoms with Gasteiger partial charge in [-0.25, -0.2) is 0 Å². The summed E-state index contributed by atoms with van der Waals surface area (Å²) in [6.07, 6.45) is 0.113. The van der Waals surface area contributed by atoms with Crippen LogP contribution in [0.5, 0.6) is 0 Å². The van der Waals surface area contributed by atoms with Gasteiger partial charge in [-0.1, -0.05) is 0 Å². The van der Waals surface area contributed by atoms with Crippen LogP contribution in [0.3, 0.4) is 0 Å². The highest BCUT2D eigenvalue weighted by atomic mass is 16.6. The summed E-state index contributed by atoms with van der Waals surface area (Å²) < 4.78 is 4.96. The molecule has 1 unspecified atom stereocenters. The number of hydrogen-bond acceptors (Lipinski definition) is 5. The van der Waals surface area contributed by atoms with Crippen molar-refractivity contribution in [2.75, 3.05) is 6.54 Å². The lowest BCUT2D eigenvalue weighted by molar-refractivity contribution is -0.156. The maximum Gasteiger partial charge on any atom is 0.325 e. The van der Waals surface area contributed by atoms with Crippen molar-refractivity contribution < 1.29 is 19.1 Å². The molecule has 0 aromatic carbocycles. The van der Waals surface area contributed by atoms with E-state index >= 15 is 0 Å². The minimum atomic E-state index is -0.965. The average Bonchev–Trinajstić information content (AvgIpc) is 2.10. The van der Waals surface area contributed by atoms with E-state index in [1.807, 2.05) is 0 Å². The molecule has 86 valence electrons. The molecule has 0 aliphatic rings. The molecular formula is C9H16N2O4. The highest BCUT2D eigenvalue weighted by molar-refractivity contribution is 6.23. The van der Waals surface area contributed by atoms with Crippen LogP contribution >= 0.6 is 0 Å². The van der Waals surface area contributed by atoms with Crippen molar-refractivity contribution >= 4 is 18.2 Å². The molecule has 15 heavy (non-hydrogen) atoms. The van der Waals surface area contributed by atoms with Crippen LogP contribution in [0.4, 0.5) is 0 Å². The largest absolute Gasteiger partial charge is 0.459 e. The van der Waals surface area contributed by atoms with Gasteiger partial charge in [0.1, 0.15) is 11.6 Å². The zero-order valence-electron chi connectivity index (χ0n) is 9.07. The van der Waals surface area contributed by atoms with Gasteiger partial charge in [0, 0.05) is 6.54 Å². The van der Waals surface area contributed by atoms with Crippen LogP contribution in [-0.2, 0) is 19.1 Å². The molecule has 0 saturated heterocycles. The molecular weight excluding hydrogens is 200 g/mol. The van der Waals surface area contributed by atoms with Gasteiger partial charge in [-0.2, -0.15) is 0 Å². The number of carbonyl (C=O) groups excluding carboxylic acids is 3. The second-order valence-electron chi connectivity index (χ2n) is 4.00. The number of nitrogens with one attached hydrogen (secondary N) is 1. The Kier molecular flexibility index (Phi) is 4.93. The minimum absolute atomic E-state index is 0.113. The lowest BCUT2D eigenvalue weighted by Gasteiger charge is -2.22. The SMILES string of the molecule is CC(C)(C)OC(=O)C(N)CNC(=O)C=O. The number of aldehydes is 1. The van der Waals surface area contributed by atoms with Gasteiger partial charge in [-0.15, -0.1) is 0 Å². The van der Waals surface area contributed by atoms with Crippen molar-refractivity contribution in [2.45, 2.75) is 32.4 Å². The van der Waals surface area contributed by atoms with Crippen LogP contribution in [0.2, 0.25) is 0 Å². The normalized spacial score (nSPS) is 12.8. The molecule has 0 aliphatic heterocycles. The molecule has 6 heteroatoms. The Morgan fingerprint density at radius 3 is 2.40 bits per heavy atom. The molecule has 0 rings (SSSR count). The Balaban J connectivity index is 4.00. The van der Waals surface area contributed by atoms with E-state index in [4.69, 9.17) is 10.5 Å². The van der Waals surface area contributed by atoms with Crippen LogP contribution < -0.4 is 11.1 Å². The number of esters is 1. The fourth-order valence-corrected chi connectivity index (χ4v) is 0.713. The quantitative estimate of drug-likeness (QED) is 0.355. The third-order valence-corrected chi connectivity index (χ3v) is 1.31. The predicted octanol–water partition coefficient (Wildman–Crippen LogP) is -1.03. The Morgan fingerprint density at radius 2 is 2.00 bits per heavy atom. The van der Waals surface area contributed by atoms with Crippen molar-refractivity contribution in [3.05, 3.63) is 0 Å². The van der Waals surface area contributed by atoms with Gasteiger partial charge < -0.3 is 15.8 Å². The fraction of sp³-hybridized carbons (Fsp3) is 0.667. The minimum Gasteiger partial charge on any atom is -0.459 e. The fourth-order valence-electron chi connectivity index (χ4n) is 0.713. The Hall–Kier alpha value is -1.43. The summed E-state index contributed by atoms with van der Waals surface area (Å²) in [5, 5.41) is 2.17. The summed E-state index contributed by atoms with van der Waals surface area (Å²) in [6.45, 7) is 5.01. The summed E-state index contributed by atoms with van der Waals surface area (Å²) in [5.74, 6) is -1.43. The monoisotopic (exact) mass is 216 g/mol. The molecule has 0 spiro atoms. The van der Waals surface area contributed by atoms with E-state index in [1.54, 1.807) is 20.8 Å². The van der Waals surface area contributed by atoms with E-state index in [0.29, 0.717) is 0 Å². The predicted molar refractivity (Wildman–Crippen MR) is 52.9 cm³/mol. The third-order valence-electron chi connectivity index (χ3n) is 1.31. The molecule has 1 amide bonds. The molecule has 0 aromatic rings. The smallest absolute Gasteiger partial charge is 0.325 e. The maximum absolute atomic E-state index is 11.3. The highest BCUT2D eigenvalue weighted by Crippen LogP contribution is 2.07. The topological polar surface area (TPSA) is 98.5 Å². The van der Waals surface area contributed by atoms with Gasteiger partial charge in [0.25, 0.3) is 5.91 Å². The first-order chi connectivity index (χ1) is 6.76. The van der Waals surface area contributed by atoms with E-state index in [2.05, 4.69) is 5.32 Å². The molecule has 0 bridgehead atoms. The molecule has 0 heterocycles. The van der Waals surface area contributed by atoms with Gasteiger partial charge in [-0.05, 0) is 20.8 Å². The van der Waals surface area contributed by atoms with Crippen LogP contribution in [-0.4, -0.2) is 36.4 Å². The number of carbonyl (C=O) groups is 3.